The molecule has 0 spiro atoms. The van der Waals surface area contributed by atoms with Gasteiger partial charge in [0, 0.05) is 32.6 Å². The summed E-state index contributed by atoms with van der Waals surface area (Å²) < 4.78 is 0. The molecule has 2 amide bonds. The lowest BCUT2D eigenvalue weighted by Gasteiger charge is -2.38. The number of hydrogen-bond donors (Lipinski definition) is 1. The molecular formula is C22H26N2O3. The third kappa shape index (κ3) is 4.88. The van der Waals surface area contributed by atoms with Crippen LogP contribution < -0.4 is 0 Å². The highest BCUT2D eigenvalue weighted by Crippen LogP contribution is 2.30. The molecule has 2 unspecified atom stereocenters. The number of piperidine rings is 1. The Morgan fingerprint density at radius 2 is 1.67 bits per heavy atom. The fourth-order valence-corrected chi connectivity index (χ4v) is 3.68. The van der Waals surface area contributed by atoms with Crippen LogP contribution in [0, 0.1) is 5.92 Å². The molecule has 1 aliphatic rings. The van der Waals surface area contributed by atoms with Crippen LogP contribution in [-0.2, 0) is 11.2 Å². The van der Waals surface area contributed by atoms with Gasteiger partial charge in [0.25, 0.3) is 0 Å². The first-order chi connectivity index (χ1) is 13.0. The van der Waals surface area contributed by atoms with Gasteiger partial charge in [-0.15, -0.1) is 0 Å². The van der Waals surface area contributed by atoms with Gasteiger partial charge in [-0.1, -0.05) is 60.7 Å². The molecule has 27 heavy (non-hydrogen) atoms. The zero-order valence-electron chi connectivity index (χ0n) is 15.6. The predicted octanol–water partition coefficient (Wildman–Crippen LogP) is 3.47. The first kappa shape index (κ1) is 19.0. The SMILES string of the molecule is CN(CCc1ccccc1)C(=O)N1CC(C(=O)O)CC(c2ccccc2)C1. The fourth-order valence-electron chi connectivity index (χ4n) is 3.68. The van der Waals surface area contributed by atoms with E-state index in [-0.39, 0.29) is 18.5 Å². The topological polar surface area (TPSA) is 60.9 Å². The maximum Gasteiger partial charge on any atom is 0.319 e. The molecule has 0 radical (unpaired) electrons. The number of aliphatic carboxylic acids is 1. The van der Waals surface area contributed by atoms with Gasteiger partial charge in [0.1, 0.15) is 0 Å². The smallest absolute Gasteiger partial charge is 0.319 e. The quantitative estimate of drug-likeness (QED) is 0.881. The van der Waals surface area contributed by atoms with E-state index in [4.69, 9.17) is 0 Å². The number of likely N-dealkylation sites (tertiary alicyclic amines) is 1. The Morgan fingerprint density at radius 3 is 2.30 bits per heavy atom. The molecule has 142 valence electrons. The lowest BCUT2D eigenvalue weighted by atomic mass is 9.84. The molecule has 2 aromatic carbocycles. The van der Waals surface area contributed by atoms with Crippen molar-refractivity contribution in [1.29, 1.82) is 0 Å². The van der Waals surface area contributed by atoms with Crippen LogP contribution in [0.4, 0.5) is 4.79 Å². The van der Waals surface area contributed by atoms with Crippen molar-refractivity contribution in [1.82, 2.24) is 9.80 Å². The van der Waals surface area contributed by atoms with E-state index in [0.717, 1.165) is 12.0 Å². The predicted molar refractivity (Wildman–Crippen MR) is 105 cm³/mol. The summed E-state index contributed by atoms with van der Waals surface area (Å²) in [5.41, 5.74) is 2.27. The number of urea groups is 1. The summed E-state index contributed by atoms with van der Waals surface area (Å²) in [5.74, 6) is -1.32. The Bertz CT molecular complexity index is 764. The van der Waals surface area contributed by atoms with Crippen molar-refractivity contribution in [3.05, 3.63) is 71.8 Å². The zero-order chi connectivity index (χ0) is 19.2. The number of carbonyl (C=O) groups is 2. The van der Waals surface area contributed by atoms with Crippen molar-refractivity contribution >= 4 is 12.0 Å². The molecule has 3 rings (SSSR count). The van der Waals surface area contributed by atoms with Crippen molar-refractivity contribution in [2.24, 2.45) is 5.92 Å². The highest BCUT2D eigenvalue weighted by atomic mass is 16.4. The van der Waals surface area contributed by atoms with Crippen molar-refractivity contribution in [3.63, 3.8) is 0 Å². The highest BCUT2D eigenvalue weighted by molar-refractivity contribution is 5.77. The second-order valence-electron chi connectivity index (χ2n) is 7.22. The highest BCUT2D eigenvalue weighted by Gasteiger charge is 2.35. The normalized spacial score (nSPS) is 19.5. The number of benzene rings is 2. The van der Waals surface area contributed by atoms with Crippen LogP contribution in [-0.4, -0.2) is 53.6 Å². The molecule has 1 N–H and O–H groups in total. The summed E-state index contributed by atoms with van der Waals surface area (Å²) in [7, 11) is 1.78. The van der Waals surface area contributed by atoms with E-state index < -0.39 is 11.9 Å². The third-order valence-corrected chi connectivity index (χ3v) is 5.25. The van der Waals surface area contributed by atoms with Crippen molar-refractivity contribution in [3.8, 4) is 0 Å². The Balaban J connectivity index is 1.67. The minimum absolute atomic E-state index is 0.0486. The van der Waals surface area contributed by atoms with Crippen LogP contribution in [0.1, 0.15) is 23.5 Å². The number of rotatable bonds is 5. The molecule has 2 aromatic rings. The number of carbonyl (C=O) groups excluding carboxylic acids is 1. The van der Waals surface area contributed by atoms with Gasteiger partial charge in [-0.05, 0) is 24.0 Å². The maximum atomic E-state index is 12.9. The van der Waals surface area contributed by atoms with Crippen LogP contribution in [0.3, 0.4) is 0 Å². The fraction of sp³-hybridized carbons (Fsp3) is 0.364. The van der Waals surface area contributed by atoms with Crippen LogP contribution in [0.25, 0.3) is 0 Å². The Labute approximate surface area is 160 Å². The van der Waals surface area contributed by atoms with Crippen LogP contribution in [0.15, 0.2) is 60.7 Å². The average molecular weight is 366 g/mol. The minimum atomic E-state index is -0.833. The van der Waals surface area contributed by atoms with Crippen LogP contribution in [0.5, 0.6) is 0 Å². The molecule has 0 aromatic heterocycles. The van der Waals surface area contributed by atoms with E-state index in [1.54, 1.807) is 16.8 Å². The number of carboxylic acids is 1. The Kier molecular flexibility index (Phi) is 6.12. The number of hydrogen-bond acceptors (Lipinski definition) is 2. The van der Waals surface area contributed by atoms with Crippen LogP contribution >= 0.6 is 0 Å². The molecule has 1 heterocycles. The minimum Gasteiger partial charge on any atom is -0.481 e. The van der Waals surface area contributed by atoms with Crippen molar-refractivity contribution in [2.45, 2.75) is 18.8 Å². The third-order valence-electron chi connectivity index (χ3n) is 5.25. The number of nitrogens with zero attached hydrogens (tertiary/aromatic N) is 2. The molecule has 5 nitrogen and oxygen atoms in total. The van der Waals surface area contributed by atoms with Gasteiger partial charge in [0.15, 0.2) is 0 Å². The summed E-state index contributed by atoms with van der Waals surface area (Å²) in [6.07, 6.45) is 1.35. The molecule has 5 heteroatoms. The van der Waals surface area contributed by atoms with E-state index in [1.807, 2.05) is 60.7 Å². The molecule has 2 atom stereocenters. The number of amides is 2. The summed E-state index contributed by atoms with van der Waals surface area (Å²) in [4.78, 5) is 27.9. The van der Waals surface area contributed by atoms with Crippen molar-refractivity contribution in [2.75, 3.05) is 26.7 Å². The molecular weight excluding hydrogens is 340 g/mol. The Morgan fingerprint density at radius 1 is 1.04 bits per heavy atom. The summed E-state index contributed by atoms with van der Waals surface area (Å²) in [6, 6.07) is 19.8. The first-order valence-corrected chi connectivity index (χ1v) is 9.36. The second kappa shape index (κ2) is 8.71. The summed E-state index contributed by atoms with van der Waals surface area (Å²) in [6.45, 7) is 1.43. The van der Waals surface area contributed by atoms with Gasteiger partial charge >= 0.3 is 12.0 Å². The first-order valence-electron chi connectivity index (χ1n) is 9.36. The molecule has 0 saturated carbocycles. The summed E-state index contributed by atoms with van der Waals surface area (Å²) >= 11 is 0. The molecule has 0 aliphatic carbocycles. The molecule has 1 fully saturated rings. The largest absolute Gasteiger partial charge is 0.481 e. The number of carboxylic acid groups (broad SMARTS) is 1. The van der Waals surface area contributed by atoms with Crippen LogP contribution in [0.2, 0.25) is 0 Å². The standard InChI is InChI=1S/C22H26N2O3/c1-23(13-12-17-8-4-2-5-9-17)22(27)24-15-19(14-20(16-24)21(25)26)18-10-6-3-7-11-18/h2-11,19-20H,12-16H2,1H3,(H,25,26). The van der Waals surface area contributed by atoms with Gasteiger partial charge < -0.3 is 14.9 Å². The van der Waals surface area contributed by atoms with E-state index in [2.05, 4.69) is 0 Å². The van der Waals surface area contributed by atoms with Gasteiger partial charge in [-0.3, -0.25) is 4.79 Å². The second-order valence-corrected chi connectivity index (χ2v) is 7.22. The van der Waals surface area contributed by atoms with E-state index >= 15 is 0 Å². The van der Waals surface area contributed by atoms with Gasteiger partial charge in [-0.25, -0.2) is 4.79 Å². The van der Waals surface area contributed by atoms with Gasteiger partial charge in [0.2, 0.25) is 0 Å². The molecule has 1 aliphatic heterocycles. The van der Waals surface area contributed by atoms with Gasteiger partial charge in [-0.2, -0.15) is 0 Å². The average Bonchev–Trinajstić information content (AvgIpc) is 2.72. The molecule has 1 saturated heterocycles. The van der Waals surface area contributed by atoms with Gasteiger partial charge in [0.05, 0.1) is 5.92 Å². The Hall–Kier alpha value is -2.82. The summed E-state index contributed by atoms with van der Waals surface area (Å²) in [5, 5.41) is 9.54. The number of likely N-dealkylation sites (N-methyl/N-ethyl adjacent to an activating group) is 1. The van der Waals surface area contributed by atoms with E-state index in [0.29, 0.717) is 19.5 Å². The molecule has 0 bridgehead atoms. The maximum absolute atomic E-state index is 12.9. The van der Waals surface area contributed by atoms with E-state index in [9.17, 15) is 14.7 Å². The lowest BCUT2D eigenvalue weighted by molar-refractivity contribution is -0.143. The zero-order valence-corrected chi connectivity index (χ0v) is 15.6. The van der Waals surface area contributed by atoms with Crippen molar-refractivity contribution < 1.29 is 14.7 Å². The monoisotopic (exact) mass is 366 g/mol. The lowest BCUT2D eigenvalue weighted by Crippen LogP contribution is -2.50. The van der Waals surface area contributed by atoms with E-state index in [1.165, 1.54) is 5.56 Å².